The molecule has 0 aliphatic carbocycles. The summed E-state index contributed by atoms with van der Waals surface area (Å²) in [5.74, 6) is 0.850. The van der Waals surface area contributed by atoms with Gasteiger partial charge >= 0.3 is 0 Å². The molecule has 0 unspecified atom stereocenters. The van der Waals surface area contributed by atoms with Gasteiger partial charge in [0.2, 0.25) is 0 Å². The smallest absolute Gasteiger partial charge is 0.000438 e. The van der Waals surface area contributed by atoms with Crippen LogP contribution in [0.2, 0.25) is 0 Å². The number of rotatable bonds is 2. The second kappa shape index (κ2) is 7.60. The minimum Gasteiger partial charge on any atom is -0.303 e. The molecular weight excluding hydrogens is 146 g/mol. The first-order chi connectivity index (χ1) is 5.70. The van der Waals surface area contributed by atoms with Gasteiger partial charge in [-0.3, -0.25) is 0 Å². The first kappa shape index (κ1) is 12.0. The largest absolute Gasteiger partial charge is 0.303 e. The van der Waals surface area contributed by atoms with Crippen LogP contribution in [0.25, 0.3) is 0 Å². The minimum absolute atomic E-state index is 0.850. The molecule has 1 fully saturated rings. The Bertz CT molecular complexity index is 83.0. The Balaban J connectivity index is 0.000000354. The summed E-state index contributed by atoms with van der Waals surface area (Å²) in [4.78, 5) is 2.56. The van der Waals surface area contributed by atoms with Crippen molar-refractivity contribution in [1.29, 1.82) is 0 Å². The van der Waals surface area contributed by atoms with E-state index in [2.05, 4.69) is 32.6 Å². The molecule has 0 amide bonds. The van der Waals surface area contributed by atoms with E-state index in [-0.39, 0.29) is 0 Å². The van der Waals surface area contributed by atoms with E-state index in [0.29, 0.717) is 0 Å². The summed E-state index contributed by atoms with van der Waals surface area (Å²) in [6, 6.07) is 0. The van der Waals surface area contributed by atoms with Crippen LogP contribution in [0.5, 0.6) is 0 Å². The highest BCUT2D eigenvalue weighted by Gasteiger charge is 2.11. The van der Waals surface area contributed by atoms with Crippen LogP contribution in [0, 0.1) is 5.92 Å². The van der Waals surface area contributed by atoms with E-state index < -0.39 is 0 Å². The standard InChI is InChI=1S/C8H17N.C3H8/c1-8(2)7-9-5-3-4-6-9;1-3-2/h8H,3-7H2,1-2H3;3H2,1-2H3. The molecule has 74 valence electrons. The summed E-state index contributed by atoms with van der Waals surface area (Å²) in [5, 5.41) is 0. The normalized spacial score (nSPS) is 17.8. The molecule has 1 rings (SSSR count). The highest BCUT2D eigenvalue weighted by molar-refractivity contribution is 4.66. The first-order valence-corrected chi connectivity index (χ1v) is 5.43. The highest BCUT2D eigenvalue weighted by atomic mass is 15.1. The van der Waals surface area contributed by atoms with E-state index in [0.717, 1.165) is 5.92 Å². The van der Waals surface area contributed by atoms with Crippen molar-refractivity contribution in [2.75, 3.05) is 19.6 Å². The Morgan fingerprint density at radius 2 is 1.50 bits per heavy atom. The first-order valence-electron chi connectivity index (χ1n) is 5.43. The van der Waals surface area contributed by atoms with Gasteiger partial charge in [0.1, 0.15) is 0 Å². The van der Waals surface area contributed by atoms with E-state index in [1.54, 1.807) is 0 Å². The molecule has 0 saturated carbocycles. The van der Waals surface area contributed by atoms with Gasteiger partial charge in [-0.25, -0.2) is 0 Å². The lowest BCUT2D eigenvalue weighted by Gasteiger charge is -2.16. The molecule has 0 N–H and O–H groups in total. The van der Waals surface area contributed by atoms with Crippen molar-refractivity contribution >= 4 is 0 Å². The SMILES string of the molecule is CC(C)CN1CCCC1.CCC. The number of nitrogens with zero attached hydrogens (tertiary/aromatic N) is 1. The molecule has 0 aromatic carbocycles. The van der Waals surface area contributed by atoms with Crippen LogP contribution in [0.1, 0.15) is 47.0 Å². The molecule has 0 bridgehead atoms. The van der Waals surface area contributed by atoms with Gasteiger partial charge in [-0.05, 0) is 31.8 Å². The third-order valence-electron chi connectivity index (χ3n) is 1.82. The molecule has 0 atom stereocenters. The summed E-state index contributed by atoms with van der Waals surface area (Å²) < 4.78 is 0. The summed E-state index contributed by atoms with van der Waals surface area (Å²) in [7, 11) is 0. The average molecular weight is 171 g/mol. The van der Waals surface area contributed by atoms with Gasteiger partial charge in [0.15, 0.2) is 0 Å². The Kier molecular flexibility index (Phi) is 7.58. The summed E-state index contributed by atoms with van der Waals surface area (Å²) >= 11 is 0. The lowest BCUT2D eigenvalue weighted by Crippen LogP contribution is -2.23. The predicted molar refractivity (Wildman–Crippen MR) is 56.5 cm³/mol. The van der Waals surface area contributed by atoms with Gasteiger partial charge in [-0.2, -0.15) is 0 Å². The quantitative estimate of drug-likeness (QED) is 0.617. The molecule has 1 heteroatoms. The average Bonchev–Trinajstić information content (AvgIpc) is 2.40. The Labute approximate surface area is 78.1 Å². The number of hydrogen-bond acceptors (Lipinski definition) is 1. The van der Waals surface area contributed by atoms with Crippen LogP contribution < -0.4 is 0 Å². The lowest BCUT2D eigenvalue weighted by molar-refractivity contribution is 0.298. The lowest BCUT2D eigenvalue weighted by atomic mass is 10.2. The Hall–Kier alpha value is -0.0400. The Morgan fingerprint density at radius 3 is 1.83 bits per heavy atom. The van der Waals surface area contributed by atoms with Crippen LogP contribution in [-0.4, -0.2) is 24.5 Å². The summed E-state index contributed by atoms with van der Waals surface area (Å²) in [5.41, 5.74) is 0. The van der Waals surface area contributed by atoms with E-state index >= 15 is 0 Å². The molecule has 0 spiro atoms. The van der Waals surface area contributed by atoms with E-state index in [1.165, 1.54) is 38.9 Å². The van der Waals surface area contributed by atoms with Crippen LogP contribution in [0.3, 0.4) is 0 Å². The predicted octanol–water partition coefficient (Wildman–Crippen LogP) is 3.15. The number of hydrogen-bond donors (Lipinski definition) is 0. The molecule has 1 aliphatic rings. The van der Waals surface area contributed by atoms with Crippen LogP contribution in [-0.2, 0) is 0 Å². The van der Waals surface area contributed by atoms with Crippen molar-refractivity contribution < 1.29 is 0 Å². The topological polar surface area (TPSA) is 3.24 Å². The van der Waals surface area contributed by atoms with Crippen molar-refractivity contribution in [3.63, 3.8) is 0 Å². The van der Waals surface area contributed by atoms with Gasteiger partial charge in [0.25, 0.3) is 0 Å². The van der Waals surface area contributed by atoms with Crippen LogP contribution >= 0.6 is 0 Å². The minimum atomic E-state index is 0.850. The zero-order valence-corrected chi connectivity index (χ0v) is 9.27. The van der Waals surface area contributed by atoms with Crippen molar-refractivity contribution in [2.24, 2.45) is 5.92 Å². The van der Waals surface area contributed by atoms with E-state index in [9.17, 15) is 0 Å². The maximum Gasteiger partial charge on any atom is 0.000438 e. The molecule has 1 saturated heterocycles. The molecule has 1 aliphatic heterocycles. The Morgan fingerprint density at radius 1 is 1.08 bits per heavy atom. The molecule has 0 aromatic rings. The molecule has 0 radical (unpaired) electrons. The van der Waals surface area contributed by atoms with Crippen molar-refractivity contribution in [3.05, 3.63) is 0 Å². The second-order valence-electron chi connectivity index (χ2n) is 4.11. The van der Waals surface area contributed by atoms with Crippen LogP contribution in [0.15, 0.2) is 0 Å². The van der Waals surface area contributed by atoms with Gasteiger partial charge in [-0.15, -0.1) is 0 Å². The molecule has 1 heterocycles. The molecule has 12 heavy (non-hydrogen) atoms. The molecule has 0 aromatic heterocycles. The maximum absolute atomic E-state index is 2.56. The molecular formula is C11H25N. The van der Waals surface area contributed by atoms with Gasteiger partial charge in [-0.1, -0.05) is 34.1 Å². The molecule has 1 nitrogen and oxygen atoms in total. The summed E-state index contributed by atoms with van der Waals surface area (Å²) in [6.45, 7) is 12.8. The highest BCUT2D eigenvalue weighted by Crippen LogP contribution is 2.09. The monoisotopic (exact) mass is 171 g/mol. The van der Waals surface area contributed by atoms with Gasteiger partial charge in [0, 0.05) is 6.54 Å². The van der Waals surface area contributed by atoms with E-state index in [4.69, 9.17) is 0 Å². The zero-order chi connectivity index (χ0) is 9.40. The third kappa shape index (κ3) is 6.66. The fourth-order valence-corrected chi connectivity index (χ4v) is 1.48. The fraction of sp³-hybridized carbons (Fsp3) is 1.00. The van der Waals surface area contributed by atoms with Crippen molar-refractivity contribution in [2.45, 2.75) is 47.0 Å². The van der Waals surface area contributed by atoms with Gasteiger partial charge < -0.3 is 4.90 Å². The fourth-order valence-electron chi connectivity index (χ4n) is 1.48. The zero-order valence-electron chi connectivity index (χ0n) is 9.27. The van der Waals surface area contributed by atoms with Crippen molar-refractivity contribution in [3.8, 4) is 0 Å². The second-order valence-corrected chi connectivity index (χ2v) is 4.11. The summed E-state index contributed by atoms with van der Waals surface area (Å²) in [6.07, 6.45) is 4.10. The van der Waals surface area contributed by atoms with Gasteiger partial charge in [0.05, 0.1) is 0 Å². The van der Waals surface area contributed by atoms with Crippen LogP contribution in [0.4, 0.5) is 0 Å². The van der Waals surface area contributed by atoms with Crippen molar-refractivity contribution in [1.82, 2.24) is 4.90 Å². The number of likely N-dealkylation sites (tertiary alicyclic amines) is 1. The van der Waals surface area contributed by atoms with E-state index in [1.807, 2.05) is 0 Å². The maximum atomic E-state index is 2.56. The third-order valence-corrected chi connectivity index (χ3v) is 1.82.